The fraction of sp³-hybridized carbons (Fsp3) is 0.385. The zero-order valence-corrected chi connectivity index (χ0v) is 10.1. The average molecular weight is 269 g/mol. The summed E-state index contributed by atoms with van der Waals surface area (Å²) in [6, 6.07) is 3.01. The molecule has 2 rings (SSSR count). The van der Waals surface area contributed by atoms with Crippen LogP contribution in [0.1, 0.15) is 18.4 Å². The molecule has 1 heterocycles. The Morgan fingerprint density at radius 3 is 2.84 bits per heavy atom. The van der Waals surface area contributed by atoms with Crippen LogP contribution < -0.4 is 0 Å². The Morgan fingerprint density at radius 2 is 2.16 bits per heavy atom. The third kappa shape index (κ3) is 3.07. The van der Waals surface area contributed by atoms with Crippen LogP contribution in [0.4, 0.5) is 8.78 Å². The molecule has 1 amide bonds. The lowest BCUT2D eigenvalue weighted by Gasteiger charge is -2.30. The summed E-state index contributed by atoms with van der Waals surface area (Å²) < 4.78 is 26.5. The highest BCUT2D eigenvalue weighted by atomic mass is 19.1. The Morgan fingerprint density at radius 1 is 1.42 bits per heavy atom. The van der Waals surface area contributed by atoms with E-state index in [2.05, 4.69) is 0 Å². The summed E-state index contributed by atoms with van der Waals surface area (Å²) in [5.41, 5.74) is 0.0550. The van der Waals surface area contributed by atoms with Gasteiger partial charge in [-0.05, 0) is 24.6 Å². The van der Waals surface area contributed by atoms with Gasteiger partial charge in [0, 0.05) is 25.1 Å². The molecule has 0 bridgehead atoms. The lowest BCUT2D eigenvalue weighted by molar-refractivity contribution is -0.147. The second-order valence-corrected chi connectivity index (χ2v) is 4.58. The first-order chi connectivity index (χ1) is 8.97. The molecule has 0 aromatic heterocycles. The molecule has 1 aliphatic rings. The molecule has 1 unspecified atom stereocenters. The van der Waals surface area contributed by atoms with E-state index in [-0.39, 0.29) is 37.4 Å². The molecule has 1 aromatic carbocycles. The van der Waals surface area contributed by atoms with Gasteiger partial charge in [0.05, 0.1) is 5.92 Å². The Hall–Kier alpha value is -1.98. The fourth-order valence-electron chi connectivity index (χ4n) is 2.14. The lowest BCUT2D eigenvalue weighted by atomic mass is 9.97. The van der Waals surface area contributed by atoms with Gasteiger partial charge < -0.3 is 10.0 Å². The quantitative estimate of drug-likeness (QED) is 0.910. The Kier molecular flexibility index (Phi) is 3.78. The van der Waals surface area contributed by atoms with E-state index in [0.29, 0.717) is 0 Å². The van der Waals surface area contributed by atoms with E-state index in [9.17, 15) is 18.4 Å². The maximum absolute atomic E-state index is 13.5. The van der Waals surface area contributed by atoms with Crippen molar-refractivity contribution in [1.82, 2.24) is 4.90 Å². The van der Waals surface area contributed by atoms with E-state index in [1.807, 2.05) is 0 Å². The molecule has 1 N–H and O–H groups in total. The molecule has 1 aromatic rings. The second kappa shape index (κ2) is 5.34. The van der Waals surface area contributed by atoms with Gasteiger partial charge in [-0.2, -0.15) is 0 Å². The van der Waals surface area contributed by atoms with Gasteiger partial charge in [0.1, 0.15) is 11.6 Å². The lowest BCUT2D eigenvalue weighted by Crippen LogP contribution is -2.42. The summed E-state index contributed by atoms with van der Waals surface area (Å²) in [5, 5.41) is 8.94. The number of aliphatic carboxylic acids is 1. The molecular formula is C13H13F2NO3. The largest absolute Gasteiger partial charge is 0.481 e. The van der Waals surface area contributed by atoms with E-state index in [1.54, 1.807) is 0 Å². The van der Waals surface area contributed by atoms with Gasteiger partial charge >= 0.3 is 5.97 Å². The van der Waals surface area contributed by atoms with Crippen LogP contribution in [0, 0.1) is 17.6 Å². The molecule has 1 atom stereocenters. The smallest absolute Gasteiger partial charge is 0.308 e. The summed E-state index contributed by atoms with van der Waals surface area (Å²) in [7, 11) is 0. The Labute approximate surface area is 108 Å². The normalized spacial score (nSPS) is 19.6. The zero-order chi connectivity index (χ0) is 14.0. The zero-order valence-electron chi connectivity index (χ0n) is 10.1. The van der Waals surface area contributed by atoms with Crippen LogP contribution in [-0.2, 0) is 16.1 Å². The van der Waals surface area contributed by atoms with Crippen molar-refractivity contribution in [3.63, 3.8) is 0 Å². The van der Waals surface area contributed by atoms with Crippen molar-refractivity contribution in [2.75, 3.05) is 6.54 Å². The number of halogens is 2. The second-order valence-electron chi connectivity index (χ2n) is 4.58. The molecule has 1 fully saturated rings. The van der Waals surface area contributed by atoms with Crippen molar-refractivity contribution in [1.29, 1.82) is 0 Å². The third-order valence-electron chi connectivity index (χ3n) is 3.22. The summed E-state index contributed by atoms with van der Waals surface area (Å²) >= 11 is 0. The summed E-state index contributed by atoms with van der Waals surface area (Å²) in [6.45, 7) is -0.0731. The van der Waals surface area contributed by atoms with E-state index >= 15 is 0 Å². The molecule has 6 heteroatoms. The Balaban J connectivity index is 2.14. The molecule has 0 saturated carbocycles. The number of carboxylic acid groups (broad SMARTS) is 1. The molecule has 102 valence electrons. The molecule has 0 spiro atoms. The van der Waals surface area contributed by atoms with Crippen molar-refractivity contribution in [2.24, 2.45) is 5.92 Å². The van der Waals surface area contributed by atoms with Crippen molar-refractivity contribution < 1.29 is 23.5 Å². The molecule has 0 aliphatic carbocycles. The van der Waals surface area contributed by atoms with Crippen LogP contribution in [0.25, 0.3) is 0 Å². The number of hydrogen-bond acceptors (Lipinski definition) is 2. The first kappa shape index (κ1) is 13.5. The van der Waals surface area contributed by atoms with Crippen LogP contribution in [0.2, 0.25) is 0 Å². The molecule has 4 nitrogen and oxygen atoms in total. The van der Waals surface area contributed by atoms with E-state index in [1.165, 1.54) is 4.90 Å². The number of rotatable bonds is 3. The van der Waals surface area contributed by atoms with E-state index in [4.69, 9.17) is 5.11 Å². The van der Waals surface area contributed by atoms with Crippen molar-refractivity contribution in [3.05, 3.63) is 35.4 Å². The van der Waals surface area contributed by atoms with Crippen molar-refractivity contribution in [3.8, 4) is 0 Å². The highest BCUT2D eigenvalue weighted by Gasteiger charge is 2.30. The third-order valence-corrected chi connectivity index (χ3v) is 3.22. The summed E-state index contributed by atoms with van der Waals surface area (Å²) in [4.78, 5) is 23.9. The van der Waals surface area contributed by atoms with Gasteiger partial charge in [0.25, 0.3) is 0 Å². The first-order valence-electron chi connectivity index (χ1n) is 5.92. The van der Waals surface area contributed by atoms with Crippen LogP contribution in [0.5, 0.6) is 0 Å². The van der Waals surface area contributed by atoms with Gasteiger partial charge in [0.15, 0.2) is 0 Å². The summed E-state index contributed by atoms with van der Waals surface area (Å²) in [5.74, 6) is -3.05. The molecule has 1 saturated heterocycles. The topological polar surface area (TPSA) is 57.6 Å². The van der Waals surface area contributed by atoms with Crippen LogP contribution in [0.15, 0.2) is 18.2 Å². The highest BCUT2D eigenvalue weighted by molar-refractivity contribution is 5.80. The molecular weight excluding hydrogens is 256 g/mol. The van der Waals surface area contributed by atoms with Gasteiger partial charge in [-0.1, -0.05) is 0 Å². The van der Waals surface area contributed by atoms with E-state index < -0.39 is 23.5 Å². The number of hydrogen-bond donors (Lipinski definition) is 1. The minimum atomic E-state index is -0.975. The number of carbonyl (C=O) groups excluding carboxylic acids is 1. The molecule has 1 aliphatic heterocycles. The standard InChI is InChI=1S/C13H13F2NO3/c14-10-2-3-11(15)9(5-10)7-16-6-8(13(18)19)1-4-12(16)17/h2-3,5,8H,1,4,6-7H2,(H,18,19). The predicted octanol–water partition coefficient (Wildman–Crippen LogP) is 1.79. The predicted molar refractivity (Wildman–Crippen MR) is 62.1 cm³/mol. The number of nitrogens with zero attached hydrogens (tertiary/aromatic N) is 1. The number of carbonyl (C=O) groups is 2. The minimum Gasteiger partial charge on any atom is -0.481 e. The van der Waals surface area contributed by atoms with Gasteiger partial charge in [-0.25, -0.2) is 8.78 Å². The monoisotopic (exact) mass is 269 g/mol. The number of likely N-dealkylation sites (tertiary alicyclic amines) is 1. The van der Waals surface area contributed by atoms with Crippen LogP contribution in [-0.4, -0.2) is 28.4 Å². The number of carboxylic acids is 1. The SMILES string of the molecule is O=C(O)C1CCC(=O)N(Cc2cc(F)ccc2F)C1. The fourth-order valence-corrected chi connectivity index (χ4v) is 2.14. The van der Waals surface area contributed by atoms with Crippen molar-refractivity contribution >= 4 is 11.9 Å². The summed E-state index contributed by atoms with van der Waals surface area (Å²) in [6.07, 6.45) is 0.407. The van der Waals surface area contributed by atoms with E-state index in [0.717, 1.165) is 18.2 Å². The van der Waals surface area contributed by atoms with Gasteiger partial charge in [-0.3, -0.25) is 9.59 Å². The van der Waals surface area contributed by atoms with Gasteiger partial charge in [0.2, 0.25) is 5.91 Å². The van der Waals surface area contributed by atoms with Gasteiger partial charge in [-0.15, -0.1) is 0 Å². The molecule has 19 heavy (non-hydrogen) atoms. The van der Waals surface area contributed by atoms with Crippen LogP contribution in [0.3, 0.4) is 0 Å². The minimum absolute atomic E-state index is 0.0319. The van der Waals surface area contributed by atoms with Crippen molar-refractivity contribution in [2.45, 2.75) is 19.4 Å². The first-order valence-corrected chi connectivity index (χ1v) is 5.92. The average Bonchev–Trinajstić information content (AvgIpc) is 2.36. The van der Waals surface area contributed by atoms with Crippen LogP contribution >= 0.6 is 0 Å². The maximum Gasteiger partial charge on any atom is 0.308 e. The highest BCUT2D eigenvalue weighted by Crippen LogP contribution is 2.21. The maximum atomic E-state index is 13.5. The number of amides is 1. The number of piperidine rings is 1. The molecule has 0 radical (unpaired) electrons. The number of benzene rings is 1. The Bertz CT molecular complexity index is 519.